The molecule has 0 saturated heterocycles. The SMILES string of the molecule is COc1cccc(N(C#Cc2ccccc2-c2ccccc2O)S(=O)(=O)c2ccc(Br)cc2)c1. The Labute approximate surface area is 207 Å². The second-order valence-electron chi connectivity index (χ2n) is 7.22. The first-order valence-corrected chi connectivity index (χ1v) is 12.5. The lowest BCUT2D eigenvalue weighted by Gasteiger charge is -2.19. The zero-order valence-corrected chi connectivity index (χ0v) is 20.5. The fraction of sp³-hybridized carbons (Fsp3) is 0.0370. The standard InChI is InChI=1S/C27H20BrNO4S/c1-33-23-9-6-8-22(19-23)29(34(31,32)24-15-13-21(28)14-16-24)18-17-20-7-2-3-10-25(20)26-11-4-5-12-27(26)30/h2-16,19,30H,1H3. The average Bonchev–Trinajstić information content (AvgIpc) is 2.85. The Kier molecular flexibility index (Phi) is 6.92. The Morgan fingerprint density at radius 1 is 0.853 bits per heavy atom. The third kappa shape index (κ3) is 4.93. The number of methoxy groups -OCH3 is 1. The van der Waals surface area contributed by atoms with E-state index in [1.54, 1.807) is 60.7 Å². The highest BCUT2D eigenvalue weighted by molar-refractivity contribution is 9.10. The maximum atomic E-state index is 13.6. The molecule has 0 atom stereocenters. The van der Waals surface area contributed by atoms with Crippen molar-refractivity contribution in [3.63, 3.8) is 0 Å². The van der Waals surface area contributed by atoms with Crippen molar-refractivity contribution in [3.8, 4) is 34.6 Å². The fourth-order valence-corrected chi connectivity index (χ4v) is 4.86. The molecule has 4 rings (SSSR count). The summed E-state index contributed by atoms with van der Waals surface area (Å²) < 4.78 is 34.3. The van der Waals surface area contributed by atoms with E-state index < -0.39 is 10.0 Å². The van der Waals surface area contributed by atoms with Crippen LogP contribution in [0.5, 0.6) is 11.5 Å². The number of phenols is 1. The van der Waals surface area contributed by atoms with Crippen LogP contribution in [-0.2, 0) is 10.0 Å². The number of sulfonamides is 1. The lowest BCUT2D eigenvalue weighted by Crippen LogP contribution is -2.26. The van der Waals surface area contributed by atoms with E-state index in [-0.39, 0.29) is 10.6 Å². The quantitative estimate of drug-likeness (QED) is 0.251. The number of benzene rings is 4. The highest BCUT2D eigenvalue weighted by Crippen LogP contribution is 2.31. The van der Waals surface area contributed by atoms with E-state index in [4.69, 9.17) is 4.74 Å². The van der Waals surface area contributed by atoms with Crippen LogP contribution in [0.25, 0.3) is 11.1 Å². The monoisotopic (exact) mass is 533 g/mol. The fourth-order valence-electron chi connectivity index (χ4n) is 3.35. The Morgan fingerprint density at radius 2 is 1.53 bits per heavy atom. The van der Waals surface area contributed by atoms with Crippen LogP contribution in [-0.4, -0.2) is 20.6 Å². The van der Waals surface area contributed by atoms with E-state index in [9.17, 15) is 13.5 Å². The van der Waals surface area contributed by atoms with Crippen molar-refractivity contribution in [3.05, 3.63) is 107 Å². The van der Waals surface area contributed by atoms with Crippen LogP contribution in [0.2, 0.25) is 0 Å². The number of anilines is 1. The molecule has 4 aromatic rings. The maximum Gasteiger partial charge on any atom is 0.275 e. The van der Waals surface area contributed by atoms with E-state index >= 15 is 0 Å². The van der Waals surface area contributed by atoms with Gasteiger partial charge < -0.3 is 9.84 Å². The third-order valence-electron chi connectivity index (χ3n) is 5.05. The molecule has 0 fully saturated rings. The molecule has 34 heavy (non-hydrogen) atoms. The minimum absolute atomic E-state index is 0.0989. The van der Waals surface area contributed by atoms with Gasteiger partial charge in [-0.3, -0.25) is 0 Å². The molecule has 0 unspecified atom stereocenters. The number of hydrogen-bond acceptors (Lipinski definition) is 4. The minimum atomic E-state index is -4.02. The molecular weight excluding hydrogens is 514 g/mol. The molecule has 0 bridgehead atoms. The van der Waals surface area contributed by atoms with E-state index in [0.29, 0.717) is 28.1 Å². The first-order valence-electron chi connectivity index (χ1n) is 10.2. The molecule has 7 heteroatoms. The summed E-state index contributed by atoms with van der Waals surface area (Å²) in [6.45, 7) is 0. The van der Waals surface area contributed by atoms with Gasteiger partial charge in [0.15, 0.2) is 0 Å². The molecule has 0 aliphatic heterocycles. The van der Waals surface area contributed by atoms with Gasteiger partial charge in [-0.2, -0.15) is 4.31 Å². The van der Waals surface area contributed by atoms with Crippen LogP contribution < -0.4 is 9.04 Å². The second-order valence-corrected chi connectivity index (χ2v) is 9.93. The van der Waals surface area contributed by atoms with Gasteiger partial charge in [0, 0.05) is 33.3 Å². The number of para-hydroxylation sites is 1. The summed E-state index contributed by atoms with van der Waals surface area (Å²) in [6.07, 6.45) is 0. The van der Waals surface area contributed by atoms with Crippen molar-refractivity contribution in [2.45, 2.75) is 4.90 Å². The molecule has 0 spiro atoms. The smallest absolute Gasteiger partial charge is 0.275 e. The van der Waals surface area contributed by atoms with Crippen LogP contribution >= 0.6 is 15.9 Å². The molecule has 0 aliphatic carbocycles. The van der Waals surface area contributed by atoms with Gasteiger partial charge in [0.05, 0.1) is 17.7 Å². The van der Waals surface area contributed by atoms with Crippen molar-refractivity contribution in [1.29, 1.82) is 0 Å². The number of aromatic hydroxyl groups is 1. The Morgan fingerprint density at radius 3 is 2.24 bits per heavy atom. The summed E-state index contributed by atoms with van der Waals surface area (Å²) in [5.74, 6) is 3.62. The number of hydrogen-bond donors (Lipinski definition) is 1. The molecule has 0 radical (unpaired) electrons. The van der Waals surface area contributed by atoms with E-state index in [1.807, 2.05) is 24.3 Å². The van der Waals surface area contributed by atoms with Gasteiger partial charge in [-0.15, -0.1) is 0 Å². The van der Waals surface area contributed by atoms with Crippen molar-refractivity contribution in [1.82, 2.24) is 0 Å². The molecule has 0 amide bonds. The van der Waals surface area contributed by atoms with E-state index in [2.05, 4.69) is 27.9 Å². The summed E-state index contributed by atoms with van der Waals surface area (Å²) in [4.78, 5) is 0.0989. The molecule has 1 N–H and O–H groups in total. The van der Waals surface area contributed by atoms with Gasteiger partial charge in [0.2, 0.25) is 0 Å². The summed E-state index contributed by atoms with van der Waals surface area (Å²) in [5, 5.41) is 10.3. The summed E-state index contributed by atoms with van der Waals surface area (Å²) in [6, 6.07) is 30.1. The average molecular weight is 534 g/mol. The van der Waals surface area contributed by atoms with Crippen LogP contribution in [0, 0.1) is 12.0 Å². The highest BCUT2D eigenvalue weighted by atomic mass is 79.9. The predicted molar refractivity (Wildman–Crippen MR) is 137 cm³/mol. The van der Waals surface area contributed by atoms with E-state index in [0.717, 1.165) is 8.78 Å². The van der Waals surface area contributed by atoms with Gasteiger partial charge in [0.25, 0.3) is 10.0 Å². The van der Waals surface area contributed by atoms with Gasteiger partial charge >= 0.3 is 0 Å². The van der Waals surface area contributed by atoms with Crippen molar-refractivity contribution < 1.29 is 18.3 Å². The van der Waals surface area contributed by atoms with Crippen molar-refractivity contribution in [2.24, 2.45) is 0 Å². The van der Waals surface area contributed by atoms with Crippen molar-refractivity contribution >= 4 is 31.6 Å². The number of nitrogens with zero attached hydrogens (tertiary/aromatic N) is 1. The number of halogens is 1. The Hall–Kier alpha value is -3.73. The van der Waals surface area contributed by atoms with Gasteiger partial charge in [-0.25, -0.2) is 8.42 Å². The molecule has 0 aromatic heterocycles. The normalized spacial score (nSPS) is 10.8. The number of rotatable bonds is 5. The highest BCUT2D eigenvalue weighted by Gasteiger charge is 2.24. The van der Waals surface area contributed by atoms with Gasteiger partial charge in [0.1, 0.15) is 11.5 Å². The van der Waals surface area contributed by atoms with Crippen LogP contribution in [0.1, 0.15) is 5.56 Å². The minimum Gasteiger partial charge on any atom is -0.507 e. The van der Waals surface area contributed by atoms with Gasteiger partial charge in [-0.05, 0) is 54.5 Å². The van der Waals surface area contributed by atoms with Crippen LogP contribution in [0.15, 0.2) is 106 Å². The molecule has 0 saturated carbocycles. The molecule has 0 heterocycles. The lowest BCUT2D eigenvalue weighted by molar-refractivity contribution is 0.415. The van der Waals surface area contributed by atoms with Crippen molar-refractivity contribution in [2.75, 3.05) is 11.4 Å². The molecule has 0 aliphatic rings. The molecule has 4 aromatic carbocycles. The lowest BCUT2D eigenvalue weighted by atomic mass is 9.99. The first-order chi connectivity index (χ1) is 16.4. The number of phenolic OH excluding ortho intramolecular Hbond substituents is 1. The first kappa shape index (κ1) is 23.4. The van der Waals surface area contributed by atoms with Crippen LogP contribution in [0.4, 0.5) is 5.69 Å². The number of ether oxygens (including phenoxy) is 1. The predicted octanol–water partition coefficient (Wildman–Crippen LogP) is 6.03. The van der Waals surface area contributed by atoms with Gasteiger partial charge in [-0.1, -0.05) is 58.4 Å². The topological polar surface area (TPSA) is 66.8 Å². The zero-order chi connectivity index (χ0) is 24.1. The summed E-state index contributed by atoms with van der Waals surface area (Å²) >= 11 is 3.34. The zero-order valence-electron chi connectivity index (χ0n) is 18.1. The summed E-state index contributed by atoms with van der Waals surface area (Å²) in [7, 11) is -2.50. The third-order valence-corrected chi connectivity index (χ3v) is 7.23. The molecule has 170 valence electrons. The largest absolute Gasteiger partial charge is 0.507 e. The summed E-state index contributed by atoms with van der Waals surface area (Å²) in [5.41, 5.74) is 2.22. The Balaban J connectivity index is 1.87. The van der Waals surface area contributed by atoms with Crippen LogP contribution in [0.3, 0.4) is 0 Å². The van der Waals surface area contributed by atoms with E-state index in [1.165, 1.54) is 19.2 Å². The maximum absolute atomic E-state index is 13.6. The second kappa shape index (κ2) is 10.0. The molecular formula is C27H20BrNO4S. The Bertz CT molecular complexity index is 1490. The molecule has 5 nitrogen and oxygen atoms in total.